The third-order valence-electron chi connectivity index (χ3n) is 6.49. The fourth-order valence-corrected chi connectivity index (χ4v) is 4.89. The summed E-state index contributed by atoms with van der Waals surface area (Å²) in [6, 6.07) is 24.8. The van der Waals surface area contributed by atoms with Crippen molar-refractivity contribution in [1.82, 2.24) is 0 Å². The van der Waals surface area contributed by atoms with E-state index in [1.165, 1.54) is 12.1 Å². The third-order valence-corrected chi connectivity index (χ3v) is 6.49. The summed E-state index contributed by atoms with van der Waals surface area (Å²) in [7, 11) is 0. The van der Waals surface area contributed by atoms with Crippen LogP contribution in [0.5, 0.6) is 0 Å². The van der Waals surface area contributed by atoms with Gasteiger partial charge in [0, 0.05) is 34.2 Å². The van der Waals surface area contributed by atoms with E-state index in [4.69, 9.17) is 9.73 Å². The number of nitro groups is 1. The van der Waals surface area contributed by atoms with Crippen molar-refractivity contribution in [3.05, 3.63) is 123 Å². The highest BCUT2D eigenvalue weighted by atomic mass is 16.6. The second-order valence-electron chi connectivity index (χ2n) is 8.43. The molecule has 0 saturated carbocycles. The Bertz CT molecular complexity index is 1480. The van der Waals surface area contributed by atoms with Crippen LogP contribution >= 0.6 is 0 Å². The van der Waals surface area contributed by atoms with Crippen molar-refractivity contribution < 1.29 is 14.5 Å². The summed E-state index contributed by atoms with van der Waals surface area (Å²) in [5.41, 5.74) is 2.57. The number of hydrogen-bond acceptors (Lipinski definition) is 5. The van der Waals surface area contributed by atoms with Gasteiger partial charge in [-0.05, 0) is 42.1 Å². The van der Waals surface area contributed by atoms with Crippen LogP contribution in [-0.2, 0) is 10.3 Å². The smallest absolute Gasteiger partial charge is 0.269 e. The minimum absolute atomic E-state index is 0.0161. The number of aliphatic imine (C=N–C) groups is 1. The first-order valence-electron chi connectivity index (χ1n) is 10.6. The lowest BCUT2D eigenvalue weighted by Gasteiger charge is -2.29. The van der Waals surface area contributed by atoms with Gasteiger partial charge in [-0.3, -0.25) is 14.9 Å². The van der Waals surface area contributed by atoms with E-state index in [0.29, 0.717) is 17.0 Å². The maximum absolute atomic E-state index is 14.0. The number of ketones is 1. The van der Waals surface area contributed by atoms with Crippen molar-refractivity contribution in [1.29, 1.82) is 0 Å². The van der Waals surface area contributed by atoms with Gasteiger partial charge in [-0.25, -0.2) is 4.99 Å². The summed E-state index contributed by atoms with van der Waals surface area (Å²) in [6.07, 6.45) is 0. The predicted molar refractivity (Wildman–Crippen MR) is 125 cm³/mol. The predicted octanol–water partition coefficient (Wildman–Crippen LogP) is 5.67. The molecule has 1 spiro atoms. The summed E-state index contributed by atoms with van der Waals surface area (Å²) >= 11 is 0. The van der Waals surface area contributed by atoms with E-state index < -0.39 is 16.6 Å². The molecule has 1 aliphatic heterocycles. The molecule has 0 amide bonds. The zero-order valence-electron chi connectivity index (χ0n) is 17.7. The highest BCUT2D eigenvalue weighted by Gasteiger charge is 2.59. The molecule has 4 aromatic carbocycles. The second kappa shape index (κ2) is 6.84. The molecule has 160 valence electrons. The average molecular weight is 434 g/mol. The van der Waals surface area contributed by atoms with Crippen LogP contribution in [0.25, 0.3) is 10.8 Å². The Balaban J connectivity index is 1.58. The minimum Gasteiger partial charge on any atom is -0.455 e. The first kappa shape index (κ1) is 19.4. The van der Waals surface area contributed by atoms with Crippen molar-refractivity contribution in [2.45, 2.75) is 18.6 Å². The first-order valence-corrected chi connectivity index (χ1v) is 10.6. The topological polar surface area (TPSA) is 81.8 Å². The molecule has 6 heteroatoms. The van der Waals surface area contributed by atoms with Crippen LogP contribution in [0.4, 0.5) is 5.69 Å². The number of carbonyl (C=O) groups is 1. The van der Waals surface area contributed by atoms with Gasteiger partial charge in [0.1, 0.15) is 6.04 Å². The Hall–Kier alpha value is -4.32. The van der Waals surface area contributed by atoms with Gasteiger partial charge < -0.3 is 4.74 Å². The molecule has 1 heterocycles. The lowest BCUT2D eigenvalue weighted by atomic mass is 9.82. The summed E-state index contributed by atoms with van der Waals surface area (Å²) in [5.74, 6) is 0.236. The quantitative estimate of drug-likeness (QED) is 0.307. The fraction of sp³-hybridized carbons (Fsp3) is 0.111. The number of fused-ring (bicyclic) bond motifs is 1. The van der Waals surface area contributed by atoms with Gasteiger partial charge in [-0.1, -0.05) is 54.1 Å². The number of non-ortho nitro benzene ring substituents is 1. The van der Waals surface area contributed by atoms with Crippen molar-refractivity contribution in [2.24, 2.45) is 4.99 Å². The van der Waals surface area contributed by atoms with Gasteiger partial charge >= 0.3 is 0 Å². The first-order chi connectivity index (χ1) is 16.0. The highest BCUT2D eigenvalue weighted by molar-refractivity contribution is 6.21. The van der Waals surface area contributed by atoms with Crippen LogP contribution in [-0.4, -0.2) is 16.6 Å². The maximum Gasteiger partial charge on any atom is 0.269 e. The summed E-state index contributed by atoms with van der Waals surface area (Å²) < 4.78 is 6.53. The molecular formula is C27H18N2O4. The van der Waals surface area contributed by atoms with Crippen LogP contribution in [0, 0.1) is 17.0 Å². The zero-order chi connectivity index (χ0) is 22.7. The Morgan fingerprint density at radius 2 is 1.64 bits per heavy atom. The lowest BCUT2D eigenvalue weighted by Crippen LogP contribution is -2.38. The summed E-state index contributed by atoms with van der Waals surface area (Å²) in [6.45, 7) is 2.00. The van der Waals surface area contributed by atoms with E-state index in [1.807, 2.05) is 67.6 Å². The molecule has 6 rings (SSSR count). The van der Waals surface area contributed by atoms with Gasteiger partial charge in [0.2, 0.25) is 17.3 Å². The molecule has 0 N–H and O–H groups in total. The minimum atomic E-state index is -1.36. The van der Waals surface area contributed by atoms with E-state index in [-0.39, 0.29) is 11.5 Å². The standard InChI is InChI=1S/C27H18N2O4/c1-16-8-10-19(11-9-16)26-28-24(18-12-14-20(15-13-18)29(31)32)27(33-26)22-7-3-5-17-4-2-6-21(23(17)22)25(27)30/h2-15,24H,1H3/t24-,27-/m1/s1. The van der Waals surface area contributed by atoms with Gasteiger partial charge in [0.25, 0.3) is 5.69 Å². The number of hydrogen-bond donors (Lipinski definition) is 0. The monoisotopic (exact) mass is 434 g/mol. The molecule has 0 radical (unpaired) electrons. The molecular weight excluding hydrogens is 416 g/mol. The largest absolute Gasteiger partial charge is 0.455 e. The second-order valence-corrected chi connectivity index (χ2v) is 8.43. The molecule has 2 aliphatic rings. The molecule has 1 aliphatic carbocycles. The van der Waals surface area contributed by atoms with Crippen LogP contribution in [0.2, 0.25) is 0 Å². The molecule has 33 heavy (non-hydrogen) atoms. The number of aryl methyl sites for hydroxylation is 1. The maximum atomic E-state index is 14.0. The molecule has 6 nitrogen and oxygen atoms in total. The van der Waals surface area contributed by atoms with E-state index in [1.54, 1.807) is 12.1 Å². The van der Waals surface area contributed by atoms with Gasteiger partial charge in [-0.15, -0.1) is 0 Å². The summed E-state index contributed by atoms with van der Waals surface area (Å²) in [5, 5.41) is 13.0. The average Bonchev–Trinajstić information content (AvgIpc) is 3.35. The Labute approximate surface area is 189 Å². The fourth-order valence-electron chi connectivity index (χ4n) is 4.89. The van der Waals surface area contributed by atoms with Crippen molar-refractivity contribution in [3.8, 4) is 0 Å². The van der Waals surface area contributed by atoms with Crippen LogP contribution in [0.3, 0.4) is 0 Å². The van der Waals surface area contributed by atoms with Gasteiger partial charge in [0.05, 0.1) is 4.92 Å². The van der Waals surface area contributed by atoms with Crippen molar-refractivity contribution in [2.75, 3.05) is 0 Å². The number of Topliss-reactive ketones (excluding diaryl/α,β-unsaturated/α-hetero) is 1. The van der Waals surface area contributed by atoms with E-state index >= 15 is 0 Å². The SMILES string of the molecule is Cc1ccc(C2=N[C@H](c3ccc([N+](=O)[O-])cc3)[C@@]3(O2)C(=O)c2cccc4cccc3c24)cc1. The summed E-state index contributed by atoms with van der Waals surface area (Å²) in [4.78, 5) is 29.6. The zero-order valence-corrected chi connectivity index (χ0v) is 17.7. The van der Waals surface area contributed by atoms with Crippen LogP contribution in [0.15, 0.2) is 89.9 Å². The molecule has 0 bridgehead atoms. The van der Waals surface area contributed by atoms with Crippen molar-refractivity contribution in [3.63, 3.8) is 0 Å². The number of benzene rings is 4. The number of nitro benzene ring substituents is 1. The number of nitrogens with zero attached hydrogens (tertiary/aromatic N) is 2. The third kappa shape index (κ3) is 2.67. The Morgan fingerprint density at radius 1 is 0.939 bits per heavy atom. The normalized spacial score (nSPS) is 20.8. The van der Waals surface area contributed by atoms with Crippen LogP contribution < -0.4 is 0 Å². The van der Waals surface area contributed by atoms with E-state index in [2.05, 4.69) is 0 Å². The Morgan fingerprint density at radius 3 is 2.33 bits per heavy atom. The lowest BCUT2D eigenvalue weighted by molar-refractivity contribution is -0.384. The van der Waals surface area contributed by atoms with Gasteiger partial charge in [-0.2, -0.15) is 0 Å². The molecule has 0 fully saturated rings. The van der Waals surface area contributed by atoms with E-state index in [0.717, 1.165) is 27.5 Å². The molecule has 0 unspecified atom stereocenters. The Kier molecular flexibility index (Phi) is 4.01. The van der Waals surface area contributed by atoms with Crippen molar-refractivity contribution >= 4 is 28.1 Å². The van der Waals surface area contributed by atoms with Crippen LogP contribution in [0.1, 0.15) is 38.7 Å². The molecule has 2 atom stereocenters. The molecule has 0 saturated heterocycles. The number of ether oxygens (including phenoxy) is 1. The molecule has 4 aromatic rings. The molecule has 0 aromatic heterocycles. The highest BCUT2D eigenvalue weighted by Crippen LogP contribution is 2.54. The van der Waals surface area contributed by atoms with Gasteiger partial charge in [0.15, 0.2) is 0 Å². The number of carbonyl (C=O) groups excluding carboxylic acids is 1. The number of rotatable bonds is 3. The van der Waals surface area contributed by atoms with E-state index in [9.17, 15) is 14.9 Å².